The zero-order valence-electron chi connectivity index (χ0n) is 14.0. The summed E-state index contributed by atoms with van der Waals surface area (Å²) < 4.78 is 40.7. The van der Waals surface area contributed by atoms with Crippen LogP contribution in [0.25, 0.3) is 0 Å². The Labute approximate surface area is 146 Å². The Balaban J connectivity index is 1.78. The molecule has 0 bridgehead atoms. The highest BCUT2D eigenvalue weighted by molar-refractivity contribution is 7.89. The molecule has 1 aliphatic heterocycles. The smallest absolute Gasteiger partial charge is 0.245 e. The number of rotatable bonds is 4. The number of amides is 1. The van der Waals surface area contributed by atoms with E-state index in [1.807, 2.05) is 31.2 Å². The Hall–Kier alpha value is -2.25. The van der Waals surface area contributed by atoms with Crippen LogP contribution in [0.5, 0.6) is 0 Å². The fourth-order valence-electron chi connectivity index (χ4n) is 2.81. The fourth-order valence-corrected chi connectivity index (χ4v) is 4.12. The van der Waals surface area contributed by atoms with Crippen molar-refractivity contribution in [3.63, 3.8) is 0 Å². The number of hydrogen-bond donors (Lipinski definition) is 1. The van der Waals surface area contributed by atoms with Crippen LogP contribution in [-0.2, 0) is 14.8 Å². The second-order valence-electron chi connectivity index (χ2n) is 6.20. The van der Waals surface area contributed by atoms with Crippen molar-refractivity contribution in [2.24, 2.45) is 0 Å². The second-order valence-corrected chi connectivity index (χ2v) is 7.91. The minimum Gasteiger partial charge on any atom is -0.311 e. The summed E-state index contributed by atoms with van der Waals surface area (Å²) in [6, 6.07) is 10.2. The molecule has 0 spiro atoms. The average molecular weight is 362 g/mol. The summed E-state index contributed by atoms with van der Waals surface area (Å²) >= 11 is 0. The highest BCUT2D eigenvalue weighted by Gasteiger charge is 2.35. The van der Waals surface area contributed by atoms with Crippen molar-refractivity contribution < 1.29 is 17.6 Å². The highest BCUT2D eigenvalue weighted by Crippen LogP contribution is 2.23. The number of nitrogens with zero attached hydrogens (tertiary/aromatic N) is 1. The molecule has 0 radical (unpaired) electrons. The van der Waals surface area contributed by atoms with Crippen molar-refractivity contribution in [2.75, 3.05) is 11.4 Å². The predicted octanol–water partition coefficient (Wildman–Crippen LogP) is 2.53. The maximum absolute atomic E-state index is 13.3. The van der Waals surface area contributed by atoms with Gasteiger partial charge >= 0.3 is 0 Å². The molecule has 1 saturated heterocycles. The SMILES string of the molecule is Cc1ccc(N2CC[C@@H](NS(=O)(=O)c3ccc(F)c(C)c3)C2=O)cc1. The quantitative estimate of drug-likeness (QED) is 0.909. The van der Waals surface area contributed by atoms with Crippen molar-refractivity contribution in [3.8, 4) is 0 Å². The number of carbonyl (C=O) groups excluding carboxylic acids is 1. The summed E-state index contributed by atoms with van der Waals surface area (Å²) in [5.41, 5.74) is 2.07. The normalized spacial score (nSPS) is 18.0. The van der Waals surface area contributed by atoms with Gasteiger partial charge in [-0.05, 0) is 56.2 Å². The molecule has 3 rings (SSSR count). The third kappa shape index (κ3) is 3.57. The minimum atomic E-state index is -3.89. The van der Waals surface area contributed by atoms with E-state index in [0.29, 0.717) is 13.0 Å². The molecule has 1 N–H and O–H groups in total. The van der Waals surface area contributed by atoms with E-state index >= 15 is 0 Å². The van der Waals surface area contributed by atoms with Crippen molar-refractivity contribution in [2.45, 2.75) is 31.2 Å². The number of aryl methyl sites for hydroxylation is 2. The summed E-state index contributed by atoms with van der Waals surface area (Å²) in [4.78, 5) is 14.1. The average Bonchev–Trinajstić information content (AvgIpc) is 2.91. The van der Waals surface area contributed by atoms with Crippen LogP contribution in [-0.4, -0.2) is 26.9 Å². The molecule has 132 valence electrons. The van der Waals surface area contributed by atoms with Crippen LogP contribution in [0.4, 0.5) is 10.1 Å². The second kappa shape index (κ2) is 6.57. The first-order chi connectivity index (χ1) is 11.8. The maximum atomic E-state index is 13.3. The predicted molar refractivity (Wildman–Crippen MR) is 93.4 cm³/mol. The topological polar surface area (TPSA) is 66.5 Å². The molecule has 0 aromatic heterocycles. The van der Waals surface area contributed by atoms with Crippen LogP contribution in [0.15, 0.2) is 47.4 Å². The molecule has 1 atom stereocenters. The molecular weight excluding hydrogens is 343 g/mol. The molecule has 25 heavy (non-hydrogen) atoms. The standard InChI is InChI=1S/C18H19FN2O3S/c1-12-3-5-14(6-4-12)21-10-9-17(18(21)22)20-25(23,24)15-7-8-16(19)13(2)11-15/h3-8,11,17,20H,9-10H2,1-2H3/t17-/m1/s1. The van der Waals surface area contributed by atoms with Gasteiger partial charge in [0.1, 0.15) is 11.9 Å². The number of nitrogens with one attached hydrogen (secondary N) is 1. The summed E-state index contributed by atoms with van der Waals surface area (Å²) in [5.74, 6) is -0.757. The third-order valence-corrected chi connectivity index (χ3v) is 5.76. The summed E-state index contributed by atoms with van der Waals surface area (Å²) in [6.07, 6.45) is 0.381. The largest absolute Gasteiger partial charge is 0.311 e. The monoisotopic (exact) mass is 362 g/mol. The number of carbonyl (C=O) groups is 1. The van der Waals surface area contributed by atoms with Crippen LogP contribution < -0.4 is 9.62 Å². The number of benzene rings is 2. The Morgan fingerprint density at radius 3 is 2.44 bits per heavy atom. The first-order valence-corrected chi connectivity index (χ1v) is 9.43. The van der Waals surface area contributed by atoms with Gasteiger partial charge in [0.25, 0.3) is 0 Å². The van der Waals surface area contributed by atoms with Crippen LogP contribution in [0, 0.1) is 19.7 Å². The van der Waals surface area contributed by atoms with E-state index in [4.69, 9.17) is 0 Å². The Morgan fingerprint density at radius 2 is 1.80 bits per heavy atom. The molecule has 7 heteroatoms. The van der Waals surface area contributed by atoms with Crippen LogP contribution >= 0.6 is 0 Å². The molecule has 5 nitrogen and oxygen atoms in total. The van der Waals surface area contributed by atoms with Gasteiger partial charge in [0.2, 0.25) is 15.9 Å². The van der Waals surface area contributed by atoms with Crippen LogP contribution in [0.3, 0.4) is 0 Å². The maximum Gasteiger partial charge on any atom is 0.245 e. The van der Waals surface area contributed by atoms with E-state index in [1.165, 1.54) is 19.1 Å². The zero-order valence-corrected chi connectivity index (χ0v) is 14.8. The molecule has 0 saturated carbocycles. The molecule has 0 aliphatic carbocycles. The number of hydrogen-bond acceptors (Lipinski definition) is 3. The summed E-state index contributed by atoms with van der Waals surface area (Å²) in [6.45, 7) is 3.89. The summed E-state index contributed by atoms with van der Waals surface area (Å²) in [5, 5.41) is 0. The van der Waals surface area contributed by atoms with Gasteiger partial charge in [-0.3, -0.25) is 4.79 Å². The molecule has 1 aliphatic rings. The first-order valence-electron chi connectivity index (χ1n) is 7.94. The first kappa shape index (κ1) is 17.6. The van der Waals surface area contributed by atoms with Gasteiger partial charge in [0.05, 0.1) is 4.90 Å². The van der Waals surface area contributed by atoms with Crippen molar-refractivity contribution in [1.29, 1.82) is 0 Å². The van der Waals surface area contributed by atoms with Gasteiger partial charge in [-0.2, -0.15) is 4.72 Å². The molecule has 1 fully saturated rings. The zero-order chi connectivity index (χ0) is 18.2. The lowest BCUT2D eigenvalue weighted by molar-refractivity contribution is -0.118. The van der Waals surface area contributed by atoms with Gasteiger partial charge in [-0.1, -0.05) is 17.7 Å². The number of sulfonamides is 1. The van der Waals surface area contributed by atoms with E-state index in [9.17, 15) is 17.6 Å². The Kier molecular flexibility index (Phi) is 4.62. The third-order valence-electron chi connectivity index (χ3n) is 4.29. The summed E-state index contributed by atoms with van der Waals surface area (Å²) in [7, 11) is -3.89. The van der Waals surface area contributed by atoms with Gasteiger partial charge in [-0.15, -0.1) is 0 Å². The Morgan fingerprint density at radius 1 is 1.12 bits per heavy atom. The van der Waals surface area contributed by atoms with E-state index in [0.717, 1.165) is 17.3 Å². The van der Waals surface area contributed by atoms with E-state index < -0.39 is 21.9 Å². The highest BCUT2D eigenvalue weighted by atomic mass is 32.2. The Bertz CT molecular complexity index is 910. The lowest BCUT2D eigenvalue weighted by Gasteiger charge is -2.17. The van der Waals surface area contributed by atoms with E-state index in [1.54, 1.807) is 4.90 Å². The van der Waals surface area contributed by atoms with Crippen LogP contribution in [0.2, 0.25) is 0 Å². The molecule has 2 aromatic rings. The number of halogens is 1. The van der Waals surface area contributed by atoms with Gasteiger partial charge < -0.3 is 4.90 Å². The number of anilines is 1. The van der Waals surface area contributed by atoms with E-state index in [-0.39, 0.29) is 16.4 Å². The van der Waals surface area contributed by atoms with Crippen LogP contribution in [0.1, 0.15) is 17.5 Å². The molecule has 1 amide bonds. The molecular formula is C18H19FN2O3S. The van der Waals surface area contributed by atoms with Gasteiger partial charge in [0, 0.05) is 12.2 Å². The molecule has 0 unspecified atom stereocenters. The molecule has 2 aromatic carbocycles. The van der Waals surface area contributed by atoms with Crippen molar-refractivity contribution in [1.82, 2.24) is 4.72 Å². The van der Waals surface area contributed by atoms with Crippen molar-refractivity contribution >= 4 is 21.6 Å². The lowest BCUT2D eigenvalue weighted by atomic mass is 10.2. The molecule has 1 heterocycles. The fraction of sp³-hybridized carbons (Fsp3) is 0.278. The van der Waals surface area contributed by atoms with E-state index in [2.05, 4.69) is 4.72 Å². The van der Waals surface area contributed by atoms with Gasteiger partial charge in [0.15, 0.2) is 0 Å². The van der Waals surface area contributed by atoms with Gasteiger partial charge in [-0.25, -0.2) is 12.8 Å². The van der Waals surface area contributed by atoms with Crippen molar-refractivity contribution in [3.05, 3.63) is 59.4 Å². The minimum absolute atomic E-state index is 0.0482. The lowest BCUT2D eigenvalue weighted by Crippen LogP contribution is -2.41.